The Morgan fingerprint density at radius 2 is 2.19 bits per heavy atom. The minimum atomic E-state index is -0.524. The molecule has 2 unspecified atom stereocenters. The molecule has 1 aromatic carbocycles. The molecule has 0 aliphatic carbocycles. The van der Waals surface area contributed by atoms with E-state index < -0.39 is 11.1 Å². The fraction of sp³-hybridized carbons (Fsp3) is 0.474. The van der Waals surface area contributed by atoms with Crippen LogP contribution in [0.3, 0.4) is 0 Å². The molecule has 0 bridgehead atoms. The highest BCUT2D eigenvalue weighted by Crippen LogP contribution is 2.47. The van der Waals surface area contributed by atoms with Gasteiger partial charge in [0.05, 0.1) is 27.5 Å². The second kappa shape index (κ2) is 6.79. The van der Waals surface area contributed by atoms with E-state index in [4.69, 9.17) is 16.3 Å². The summed E-state index contributed by atoms with van der Waals surface area (Å²) in [5.74, 6) is 0.156. The van der Waals surface area contributed by atoms with E-state index in [1.165, 1.54) is 17.8 Å². The highest BCUT2D eigenvalue weighted by atomic mass is 35.5. The average Bonchev–Trinajstić information content (AvgIpc) is 2.90. The summed E-state index contributed by atoms with van der Waals surface area (Å²) in [7, 11) is 0. The lowest BCUT2D eigenvalue weighted by molar-refractivity contribution is -0.0705. The molecule has 2 aromatic rings. The van der Waals surface area contributed by atoms with E-state index in [0.29, 0.717) is 28.6 Å². The highest BCUT2D eigenvalue weighted by molar-refractivity contribution is 8.14. The SMILES string of the molecule is CC1=Nc2c(c(=O)[nH]n2C2CCOC(C)(C)C2)C(c2c(F)cccc2Cl)S1. The van der Waals surface area contributed by atoms with E-state index in [1.54, 1.807) is 12.1 Å². The second-order valence-corrected chi connectivity index (χ2v) is 9.27. The van der Waals surface area contributed by atoms with Gasteiger partial charge in [-0.05, 0) is 45.7 Å². The number of nitrogens with one attached hydrogen (secondary N) is 1. The number of nitrogens with zero attached hydrogens (tertiary/aromatic N) is 2. The lowest BCUT2D eigenvalue weighted by atomic mass is 9.94. The van der Waals surface area contributed by atoms with E-state index >= 15 is 0 Å². The smallest absolute Gasteiger partial charge is 0.271 e. The molecule has 4 rings (SSSR count). The van der Waals surface area contributed by atoms with Crippen LogP contribution in [0, 0.1) is 5.82 Å². The largest absolute Gasteiger partial charge is 0.375 e. The normalized spacial score (nSPS) is 24.4. The van der Waals surface area contributed by atoms with Crippen molar-refractivity contribution in [2.45, 2.75) is 50.5 Å². The highest BCUT2D eigenvalue weighted by Gasteiger charge is 2.37. The number of aliphatic imine (C=N–C) groups is 1. The third-order valence-electron chi connectivity index (χ3n) is 5.05. The van der Waals surface area contributed by atoms with Crippen molar-refractivity contribution in [1.29, 1.82) is 0 Å². The maximum Gasteiger partial charge on any atom is 0.271 e. The third-order valence-corrected chi connectivity index (χ3v) is 6.52. The van der Waals surface area contributed by atoms with Crippen molar-refractivity contribution >= 4 is 34.2 Å². The van der Waals surface area contributed by atoms with Crippen LogP contribution in [0.2, 0.25) is 5.02 Å². The first-order valence-electron chi connectivity index (χ1n) is 8.91. The number of fused-ring (bicyclic) bond motifs is 1. The molecule has 27 heavy (non-hydrogen) atoms. The van der Waals surface area contributed by atoms with Gasteiger partial charge in [0.15, 0.2) is 5.82 Å². The molecule has 144 valence electrons. The molecular weight excluding hydrogens is 389 g/mol. The minimum absolute atomic E-state index is 0.0709. The van der Waals surface area contributed by atoms with Gasteiger partial charge in [-0.1, -0.05) is 29.4 Å². The Kier molecular flexibility index (Phi) is 4.72. The van der Waals surface area contributed by atoms with Crippen molar-refractivity contribution in [3.63, 3.8) is 0 Å². The Morgan fingerprint density at radius 1 is 1.41 bits per heavy atom. The number of rotatable bonds is 2. The van der Waals surface area contributed by atoms with Gasteiger partial charge in [-0.2, -0.15) is 0 Å². The Morgan fingerprint density at radius 3 is 2.89 bits per heavy atom. The number of thioether (sulfide) groups is 1. The van der Waals surface area contributed by atoms with Gasteiger partial charge in [-0.3, -0.25) is 14.6 Å². The Bertz CT molecular complexity index is 962. The van der Waals surface area contributed by atoms with E-state index in [9.17, 15) is 9.18 Å². The standard InChI is InChI=1S/C19H21ClFN3O2S/c1-10-22-17-15(16(27-10)14-12(20)5-4-6-13(14)21)18(25)23-24(17)11-7-8-26-19(2,3)9-11/h4-6,11,16H,7-9H2,1-3H3,(H,23,25). The van der Waals surface area contributed by atoms with Crippen LogP contribution < -0.4 is 5.56 Å². The molecule has 5 nitrogen and oxygen atoms in total. The number of H-pyrrole nitrogens is 1. The molecule has 0 spiro atoms. The summed E-state index contributed by atoms with van der Waals surface area (Å²) in [6.07, 6.45) is 1.55. The van der Waals surface area contributed by atoms with Crippen molar-refractivity contribution < 1.29 is 9.13 Å². The summed E-state index contributed by atoms with van der Waals surface area (Å²) < 4.78 is 22.2. The summed E-state index contributed by atoms with van der Waals surface area (Å²) in [5.41, 5.74) is 0.271. The summed E-state index contributed by atoms with van der Waals surface area (Å²) >= 11 is 7.65. The van der Waals surface area contributed by atoms with E-state index in [1.807, 2.05) is 25.5 Å². The van der Waals surface area contributed by atoms with Crippen molar-refractivity contribution in [2.75, 3.05) is 6.61 Å². The molecule has 2 aliphatic heterocycles. The molecule has 3 heterocycles. The third kappa shape index (κ3) is 3.37. The Balaban J connectivity index is 1.85. The molecule has 0 amide bonds. The molecule has 1 saturated heterocycles. The molecule has 0 radical (unpaired) electrons. The maximum atomic E-state index is 14.6. The first-order valence-corrected chi connectivity index (χ1v) is 10.2. The van der Waals surface area contributed by atoms with Gasteiger partial charge in [0.2, 0.25) is 0 Å². The molecule has 1 fully saturated rings. The van der Waals surface area contributed by atoms with Crippen LogP contribution in [0.25, 0.3) is 0 Å². The van der Waals surface area contributed by atoms with Crippen LogP contribution in [0.15, 0.2) is 28.0 Å². The molecule has 1 aromatic heterocycles. The van der Waals surface area contributed by atoms with Gasteiger partial charge in [0, 0.05) is 17.2 Å². The van der Waals surface area contributed by atoms with Crippen LogP contribution in [-0.4, -0.2) is 27.0 Å². The number of aromatic amines is 1. The van der Waals surface area contributed by atoms with Crippen LogP contribution in [0.4, 0.5) is 10.2 Å². The van der Waals surface area contributed by atoms with Gasteiger partial charge < -0.3 is 4.74 Å². The van der Waals surface area contributed by atoms with Gasteiger partial charge in [0.1, 0.15) is 5.82 Å². The van der Waals surface area contributed by atoms with Crippen LogP contribution >= 0.6 is 23.4 Å². The Labute approximate surface area is 165 Å². The zero-order chi connectivity index (χ0) is 19.3. The zero-order valence-corrected chi connectivity index (χ0v) is 17.0. The summed E-state index contributed by atoms with van der Waals surface area (Å²) in [6, 6.07) is 4.65. The van der Waals surface area contributed by atoms with E-state index in [-0.39, 0.29) is 17.2 Å². The summed E-state index contributed by atoms with van der Waals surface area (Å²) in [5, 5.41) is 3.50. The van der Waals surface area contributed by atoms with Gasteiger partial charge in [0.25, 0.3) is 5.56 Å². The van der Waals surface area contributed by atoms with Crippen LogP contribution in [0.5, 0.6) is 0 Å². The predicted molar refractivity (Wildman–Crippen MR) is 107 cm³/mol. The van der Waals surface area contributed by atoms with Gasteiger partial charge in [-0.25, -0.2) is 9.38 Å². The predicted octanol–water partition coefficient (Wildman–Crippen LogP) is 4.99. The number of hydrogen-bond acceptors (Lipinski definition) is 4. The maximum absolute atomic E-state index is 14.6. The number of ether oxygens (including phenoxy) is 1. The molecular formula is C19H21ClFN3O2S. The van der Waals surface area contributed by atoms with E-state index in [0.717, 1.165) is 17.9 Å². The number of halogens is 2. The monoisotopic (exact) mass is 409 g/mol. The molecule has 8 heteroatoms. The Hall–Kier alpha value is -1.57. The lowest BCUT2D eigenvalue weighted by Gasteiger charge is -2.36. The first kappa shape index (κ1) is 18.8. The zero-order valence-electron chi connectivity index (χ0n) is 15.4. The summed E-state index contributed by atoms with van der Waals surface area (Å²) in [6.45, 7) is 6.57. The quantitative estimate of drug-likeness (QED) is 0.760. The van der Waals surface area contributed by atoms with Gasteiger partial charge in [-0.15, -0.1) is 0 Å². The van der Waals surface area contributed by atoms with Gasteiger partial charge >= 0.3 is 0 Å². The molecule has 2 atom stereocenters. The molecule has 2 aliphatic rings. The van der Waals surface area contributed by atoms with Crippen molar-refractivity contribution in [3.8, 4) is 0 Å². The van der Waals surface area contributed by atoms with Crippen molar-refractivity contribution in [2.24, 2.45) is 4.99 Å². The van der Waals surface area contributed by atoms with Crippen LogP contribution in [-0.2, 0) is 4.74 Å². The molecule has 1 N–H and O–H groups in total. The van der Waals surface area contributed by atoms with Crippen LogP contribution in [0.1, 0.15) is 56.0 Å². The van der Waals surface area contributed by atoms with E-state index in [2.05, 4.69) is 10.1 Å². The average molecular weight is 410 g/mol. The fourth-order valence-electron chi connectivity index (χ4n) is 3.86. The second-order valence-electron chi connectivity index (χ2n) is 7.57. The number of benzene rings is 1. The minimum Gasteiger partial charge on any atom is -0.375 e. The molecule has 0 saturated carbocycles. The van der Waals surface area contributed by atoms with Crippen molar-refractivity contribution in [3.05, 3.63) is 50.5 Å². The topological polar surface area (TPSA) is 59.4 Å². The summed E-state index contributed by atoms with van der Waals surface area (Å²) in [4.78, 5) is 17.5. The van der Waals surface area contributed by atoms with Crippen molar-refractivity contribution in [1.82, 2.24) is 9.78 Å². The number of aromatic nitrogens is 2. The lowest BCUT2D eigenvalue weighted by Crippen LogP contribution is -2.35. The number of hydrogen-bond donors (Lipinski definition) is 1. The first-order chi connectivity index (χ1) is 12.8. The fourth-order valence-corrected chi connectivity index (χ4v) is 5.36.